The van der Waals surface area contributed by atoms with Gasteiger partial charge in [-0.2, -0.15) is 0 Å². The van der Waals surface area contributed by atoms with Crippen molar-refractivity contribution in [3.05, 3.63) is 35.4 Å². The molecule has 0 amide bonds. The molecule has 76 valence electrons. The molecule has 1 aromatic rings. The van der Waals surface area contributed by atoms with E-state index in [1.54, 1.807) is 0 Å². The second-order valence-electron chi connectivity index (χ2n) is 3.52. The Balaban J connectivity index is 3.02. The van der Waals surface area contributed by atoms with Gasteiger partial charge < -0.3 is 0 Å². The summed E-state index contributed by atoms with van der Waals surface area (Å²) < 4.78 is 26.9. The molecule has 0 fully saturated rings. The molecule has 0 aliphatic heterocycles. The van der Waals surface area contributed by atoms with E-state index in [0.29, 0.717) is 11.8 Å². The number of hydrogen-bond acceptors (Lipinski definition) is 1. The van der Waals surface area contributed by atoms with Crippen LogP contribution < -0.4 is 0 Å². The fourth-order valence-corrected chi connectivity index (χ4v) is 1.12. The predicted octanol–water partition coefficient (Wildman–Crippen LogP) is 3.25. The second-order valence-corrected chi connectivity index (χ2v) is 3.52. The van der Waals surface area contributed by atoms with Crippen molar-refractivity contribution in [2.75, 3.05) is 0 Å². The smallest absolute Gasteiger partial charge is 0.275 e. The Morgan fingerprint density at radius 1 is 1.21 bits per heavy atom. The molecule has 0 aliphatic rings. The number of carbonyl (C=O) groups excluding carboxylic acids is 1. The van der Waals surface area contributed by atoms with E-state index in [0.717, 1.165) is 0 Å². The minimum Gasteiger partial charge on any atom is -0.298 e. The van der Waals surface area contributed by atoms with Crippen LogP contribution in [-0.4, -0.2) is 6.29 Å². The maximum absolute atomic E-state index is 13.4. The van der Waals surface area contributed by atoms with Crippen LogP contribution in [0.4, 0.5) is 8.78 Å². The quantitative estimate of drug-likeness (QED) is 0.681. The van der Waals surface area contributed by atoms with Crippen LogP contribution in [-0.2, 0) is 5.92 Å². The fourth-order valence-electron chi connectivity index (χ4n) is 1.12. The molecular formula is C11H12F2O. The number of benzene rings is 1. The molecule has 0 aromatic heterocycles. The Bertz CT molecular complexity index is 315. The van der Waals surface area contributed by atoms with Crippen molar-refractivity contribution in [2.45, 2.75) is 19.8 Å². The van der Waals surface area contributed by atoms with E-state index in [4.69, 9.17) is 0 Å². The van der Waals surface area contributed by atoms with Gasteiger partial charge in [0.1, 0.15) is 6.29 Å². The van der Waals surface area contributed by atoms with Gasteiger partial charge in [-0.05, 0) is 0 Å². The van der Waals surface area contributed by atoms with E-state index in [9.17, 15) is 13.6 Å². The third-order valence-electron chi connectivity index (χ3n) is 2.16. The lowest BCUT2D eigenvalue weighted by atomic mass is 9.97. The Kier molecular flexibility index (Phi) is 2.99. The lowest BCUT2D eigenvalue weighted by molar-refractivity contribution is -0.0513. The van der Waals surface area contributed by atoms with Gasteiger partial charge in [0.25, 0.3) is 5.92 Å². The van der Waals surface area contributed by atoms with Gasteiger partial charge in [-0.3, -0.25) is 4.79 Å². The molecule has 1 nitrogen and oxygen atoms in total. The molecule has 0 saturated carbocycles. The van der Waals surface area contributed by atoms with Crippen LogP contribution in [0.1, 0.15) is 29.8 Å². The average Bonchev–Trinajstić information content (AvgIpc) is 2.17. The van der Waals surface area contributed by atoms with Crippen molar-refractivity contribution in [3.63, 3.8) is 0 Å². The monoisotopic (exact) mass is 198 g/mol. The lowest BCUT2D eigenvalue weighted by Crippen LogP contribution is -2.20. The normalized spacial score (nSPS) is 11.8. The Labute approximate surface area is 81.7 Å². The molecular weight excluding hydrogens is 186 g/mol. The first kappa shape index (κ1) is 10.8. The van der Waals surface area contributed by atoms with Crippen molar-refractivity contribution in [3.8, 4) is 0 Å². The van der Waals surface area contributed by atoms with Crippen LogP contribution in [0.15, 0.2) is 24.3 Å². The van der Waals surface area contributed by atoms with Crippen LogP contribution in [0.2, 0.25) is 0 Å². The van der Waals surface area contributed by atoms with Crippen molar-refractivity contribution in [2.24, 2.45) is 5.92 Å². The number of alkyl halides is 2. The lowest BCUT2D eigenvalue weighted by Gasteiger charge is -2.20. The van der Waals surface area contributed by atoms with E-state index in [2.05, 4.69) is 0 Å². The zero-order chi connectivity index (χ0) is 10.8. The summed E-state index contributed by atoms with van der Waals surface area (Å²) in [6.07, 6.45) is 0.636. The SMILES string of the molecule is CC(C)C(F)(F)c1ccc(C=O)cc1. The molecule has 0 heterocycles. The third-order valence-corrected chi connectivity index (χ3v) is 2.16. The summed E-state index contributed by atoms with van der Waals surface area (Å²) in [6, 6.07) is 5.39. The second kappa shape index (κ2) is 3.86. The highest BCUT2D eigenvalue weighted by atomic mass is 19.3. The van der Waals surface area contributed by atoms with Crippen LogP contribution in [0.5, 0.6) is 0 Å². The van der Waals surface area contributed by atoms with Crippen molar-refractivity contribution < 1.29 is 13.6 Å². The number of aldehydes is 1. The molecule has 0 bridgehead atoms. The van der Waals surface area contributed by atoms with Gasteiger partial charge in [0.05, 0.1) is 0 Å². The average molecular weight is 198 g/mol. The number of halogens is 2. The van der Waals surface area contributed by atoms with Crippen LogP contribution >= 0.6 is 0 Å². The highest BCUT2D eigenvalue weighted by molar-refractivity contribution is 5.74. The van der Waals surface area contributed by atoms with Crippen LogP contribution in [0.25, 0.3) is 0 Å². The van der Waals surface area contributed by atoms with Gasteiger partial charge in [0, 0.05) is 17.0 Å². The number of hydrogen-bond donors (Lipinski definition) is 0. The molecule has 0 spiro atoms. The fraction of sp³-hybridized carbons (Fsp3) is 0.364. The minimum absolute atomic E-state index is 0.0434. The Hall–Kier alpha value is -1.25. The first-order valence-corrected chi connectivity index (χ1v) is 4.42. The maximum Gasteiger partial charge on any atom is 0.275 e. The molecule has 1 aromatic carbocycles. The molecule has 0 saturated heterocycles. The topological polar surface area (TPSA) is 17.1 Å². The van der Waals surface area contributed by atoms with Gasteiger partial charge in [-0.25, -0.2) is 8.78 Å². The molecule has 1 rings (SSSR count). The summed E-state index contributed by atoms with van der Waals surface area (Å²) in [4.78, 5) is 10.3. The van der Waals surface area contributed by atoms with Gasteiger partial charge in [-0.1, -0.05) is 38.1 Å². The molecule has 0 radical (unpaired) electrons. The number of rotatable bonds is 3. The van der Waals surface area contributed by atoms with Crippen LogP contribution in [0.3, 0.4) is 0 Å². The van der Waals surface area contributed by atoms with Crippen molar-refractivity contribution in [1.82, 2.24) is 0 Å². The molecule has 0 unspecified atom stereocenters. The molecule has 0 aliphatic carbocycles. The maximum atomic E-state index is 13.4. The first-order valence-electron chi connectivity index (χ1n) is 4.42. The summed E-state index contributed by atoms with van der Waals surface area (Å²) in [6.45, 7) is 2.93. The summed E-state index contributed by atoms with van der Waals surface area (Å²) in [5.41, 5.74) is 0.367. The molecule has 0 N–H and O–H groups in total. The van der Waals surface area contributed by atoms with E-state index in [1.165, 1.54) is 38.1 Å². The third kappa shape index (κ3) is 1.97. The molecule has 3 heteroatoms. The predicted molar refractivity (Wildman–Crippen MR) is 50.6 cm³/mol. The van der Waals surface area contributed by atoms with E-state index >= 15 is 0 Å². The van der Waals surface area contributed by atoms with Crippen molar-refractivity contribution in [1.29, 1.82) is 0 Å². The Morgan fingerprint density at radius 3 is 2.07 bits per heavy atom. The number of carbonyl (C=O) groups is 1. The standard InChI is InChI=1S/C11H12F2O/c1-8(2)11(12,13)10-5-3-9(7-14)4-6-10/h3-8H,1-2H3. The largest absolute Gasteiger partial charge is 0.298 e. The van der Waals surface area contributed by atoms with Gasteiger partial charge in [0.15, 0.2) is 0 Å². The van der Waals surface area contributed by atoms with E-state index in [-0.39, 0.29) is 5.56 Å². The first-order chi connectivity index (χ1) is 6.48. The van der Waals surface area contributed by atoms with Crippen LogP contribution in [0, 0.1) is 5.92 Å². The Morgan fingerprint density at radius 2 is 1.71 bits per heavy atom. The van der Waals surface area contributed by atoms with E-state index < -0.39 is 11.8 Å². The summed E-state index contributed by atoms with van der Waals surface area (Å²) in [7, 11) is 0. The highest BCUT2D eigenvalue weighted by Gasteiger charge is 2.35. The van der Waals surface area contributed by atoms with Gasteiger partial charge in [0.2, 0.25) is 0 Å². The minimum atomic E-state index is -2.83. The van der Waals surface area contributed by atoms with Crippen molar-refractivity contribution >= 4 is 6.29 Å². The van der Waals surface area contributed by atoms with Gasteiger partial charge in [-0.15, -0.1) is 0 Å². The summed E-state index contributed by atoms with van der Waals surface area (Å²) in [5.74, 6) is -3.58. The van der Waals surface area contributed by atoms with Gasteiger partial charge >= 0.3 is 0 Å². The molecule has 14 heavy (non-hydrogen) atoms. The van der Waals surface area contributed by atoms with E-state index in [1.807, 2.05) is 0 Å². The highest BCUT2D eigenvalue weighted by Crippen LogP contribution is 2.35. The zero-order valence-electron chi connectivity index (χ0n) is 8.13. The summed E-state index contributed by atoms with van der Waals surface area (Å²) in [5, 5.41) is 0. The zero-order valence-corrected chi connectivity index (χ0v) is 8.13. The summed E-state index contributed by atoms with van der Waals surface area (Å²) >= 11 is 0. The molecule has 0 atom stereocenters.